The summed E-state index contributed by atoms with van der Waals surface area (Å²) >= 11 is 1.41. The van der Waals surface area contributed by atoms with Gasteiger partial charge in [0.15, 0.2) is 5.82 Å². The summed E-state index contributed by atoms with van der Waals surface area (Å²) in [5.74, 6) is 1.66. The fraction of sp³-hybridized carbons (Fsp3) is 0.200. The van der Waals surface area contributed by atoms with Crippen molar-refractivity contribution in [1.29, 1.82) is 0 Å². The van der Waals surface area contributed by atoms with Gasteiger partial charge < -0.3 is 19.5 Å². The van der Waals surface area contributed by atoms with Crippen LogP contribution in [-0.2, 0) is 0 Å². The van der Waals surface area contributed by atoms with E-state index in [0.29, 0.717) is 39.3 Å². The van der Waals surface area contributed by atoms with Crippen molar-refractivity contribution < 1.29 is 19.0 Å². The van der Waals surface area contributed by atoms with Crippen molar-refractivity contribution >= 4 is 27.9 Å². The quantitative estimate of drug-likeness (QED) is 0.505. The fourth-order valence-corrected chi connectivity index (χ4v) is 3.91. The average molecular weight is 425 g/mol. The Bertz CT molecular complexity index is 1210. The van der Waals surface area contributed by atoms with Gasteiger partial charge in [0.2, 0.25) is 4.96 Å². The van der Waals surface area contributed by atoms with Crippen LogP contribution in [0.5, 0.6) is 17.2 Å². The molecule has 0 saturated carbocycles. The number of nitrogens with zero attached hydrogens (tertiary/aromatic N) is 4. The lowest BCUT2D eigenvalue weighted by Gasteiger charge is -2.15. The van der Waals surface area contributed by atoms with Gasteiger partial charge in [0, 0.05) is 5.56 Å². The third kappa shape index (κ3) is 3.41. The third-order valence-electron chi connectivity index (χ3n) is 4.50. The number of hydrogen-bond acceptors (Lipinski definition) is 8. The molecule has 0 radical (unpaired) electrons. The van der Waals surface area contributed by atoms with E-state index < -0.39 is 0 Å². The Labute approximate surface area is 176 Å². The molecule has 0 aliphatic heterocycles. The van der Waals surface area contributed by atoms with E-state index in [1.165, 1.54) is 25.6 Å². The first-order valence-electron chi connectivity index (χ1n) is 8.95. The first-order chi connectivity index (χ1) is 14.5. The van der Waals surface area contributed by atoms with Crippen LogP contribution in [0.1, 0.15) is 16.2 Å². The van der Waals surface area contributed by atoms with Gasteiger partial charge in [-0.1, -0.05) is 17.4 Å². The zero-order chi connectivity index (χ0) is 21.3. The van der Waals surface area contributed by atoms with E-state index >= 15 is 0 Å². The average Bonchev–Trinajstić information content (AvgIpc) is 3.35. The lowest BCUT2D eigenvalue weighted by molar-refractivity contribution is 0.102. The molecule has 30 heavy (non-hydrogen) atoms. The molecule has 1 N–H and O–H groups in total. The van der Waals surface area contributed by atoms with Gasteiger partial charge in [-0.3, -0.25) is 4.79 Å². The maximum atomic E-state index is 13.1. The maximum absolute atomic E-state index is 13.1. The molecule has 154 valence electrons. The van der Waals surface area contributed by atoms with Crippen LogP contribution in [-0.4, -0.2) is 47.0 Å². The third-order valence-corrected chi connectivity index (χ3v) is 5.44. The Morgan fingerprint density at radius 2 is 1.70 bits per heavy atom. The smallest absolute Gasteiger partial charge is 0.263 e. The number of nitrogens with one attached hydrogen (secondary N) is 1. The summed E-state index contributed by atoms with van der Waals surface area (Å²) in [5, 5.41) is 16.3. The molecule has 0 bridgehead atoms. The Morgan fingerprint density at radius 3 is 2.33 bits per heavy atom. The monoisotopic (exact) mass is 425 g/mol. The molecule has 2 aromatic heterocycles. The molecule has 0 aliphatic rings. The Hall–Kier alpha value is -3.66. The van der Waals surface area contributed by atoms with Crippen molar-refractivity contribution in [3.05, 3.63) is 47.8 Å². The number of methoxy groups -OCH3 is 3. The summed E-state index contributed by atoms with van der Waals surface area (Å²) in [6.45, 7) is 1.84. The number of anilines is 1. The SMILES string of the molecule is COc1ccc(-c2nn3c(C)nnc3s2)cc1NC(=O)c1c(OC)cccc1OC. The van der Waals surface area contributed by atoms with Crippen LogP contribution >= 0.6 is 11.3 Å². The zero-order valence-electron chi connectivity index (χ0n) is 16.8. The highest BCUT2D eigenvalue weighted by Gasteiger charge is 2.20. The molecule has 0 unspecified atom stereocenters. The number of carbonyl (C=O) groups excluding carboxylic acids is 1. The number of rotatable bonds is 6. The van der Waals surface area contributed by atoms with Crippen LogP contribution in [0.2, 0.25) is 0 Å². The zero-order valence-corrected chi connectivity index (χ0v) is 17.6. The van der Waals surface area contributed by atoms with Crippen LogP contribution in [0.4, 0.5) is 5.69 Å². The first kappa shape index (κ1) is 19.6. The predicted octanol–water partition coefficient (Wildman–Crippen LogP) is 3.44. The van der Waals surface area contributed by atoms with E-state index in [9.17, 15) is 4.79 Å². The Morgan fingerprint density at radius 1 is 1.00 bits per heavy atom. The summed E-state index contributed by atoms with van der Waals surface area (Å²) in [7, 11) is 4.55. The number of aromatic nitrogens is 4. The van der Waals surface area contributed by atoms with Crippen LogP contribution in [0.15, 0.2) is 36.4 Å². The van der Waals surface area contributed by atoms with Crippen molar-refractivity contribution in [1.82, 2.24) is 19.8 Å². The number of benzene rings is 2. The lowest BCUT2D eigenvalue weighted by Crippen LogP contribution is -2.15. The fourth-order valence-electron chi connectivity index (χ4n) is 3.03. The van der Waals surface area contributed by atoms with E-state index in [-0.39, 0.29) is 5.91 Å². The molecule has 2 aromatic carbocycles. The van der Waals surface area contributed by atoms with Gasteiger partial charge in [0.1, 0.15) is 27.8 Å². The van der Waals surface area contributed by atoms with E-state index in [0.717, 1.165) is 10.6 Å². The minimum Gasteiger partial charge on any atom is -0.496 e. The summed E-state index contributed by atoms with van der Waals surface area (Å²) in [4.78, 5) is 13.8. The molecule has 1 amide bonds. The predicted molar refractivity (Wildman–Crippen MR) is 113 cm³/mol. The molecule has 9 nitrogen and oxygen atoms in total. The highest BCUT2D eigenvalue weighted by molar-refractivity contribution is 7.19. The van der Waals surface area contributed by atoms with Gasteiger partial charge >= 0.3 is 0 Å². The van der Waals surface area contributed by atoms with Crippen molar-refractivity contribution in [2.24, 2.45) is 0 Å². The van der Waals surface area contributed by atoms with Gasteiger partial charge in [-0.15, -0.1) is 10.2 Å². The second kappa shape index (κ2) is 7.99. The minimum atomic E-state index is -0.381. The molecule has 0 saturated heterocycles. The van der Waals surface area contributed by atoms with Crippen molar-refractivity contribution in [3.8, 4) is 27.8 Å². The maximum Gasteiger partial charge on any atom is 0.263 e. The molecular weight excluding hydrogens is 406 g/mol. The molecule has 0 spiro atoms. The van der Waals surface area contributed by atoms with Gasteiger partial charge in [-0.2, -0.15) is 9.61 Å². The Balaban J connectivity index is 1.72. The van der Waals surface area contributed by atoms with Crippen LogP contribution in [0, 0.1) is 6.92 Å². The normalized spacial score (nSPS) is 10.8. The van der Waals surface area contributed by atoms with Crippen molar-refractivity contribution in [2.45, 2.75) is 6.92 Å². The summed E-state index contributed by atoms with van der Waals surface area (Å²) < 4.78 is 17.8. The number of hydrogen-bond donors (Lipinski definition) is 1. The second-order valence-corrected chi connectivity index (χ2v) is 7.21. The standard InChI is InChI=1S/C20H19N5O4S/c1-11-22-23-20-25(11)24-19(30-20)12-8-9-14(27-2)13(10-12)21-18(26)17-15(28-3)6-5-7-16(17)29-4/h5-10H,1-4H3,(H,21,26). The number of amides is 1. The molecule has 0 fully saturated rings. The molecule has 4 rings (SSSR count). The lowest BCUT2D eigenvalue weighted by atomic mass is 10.1. The van der Waals surface area contributed by atoms with Crippen LogP contribution < -0.4 is 19.5 Å². The summed E-state index contributed by atoms with van der Waals surface area (Å²) in [6.07, 6.45) is 0. The van der Waals surface area contributed by atoms with E-state index in [4.69, 9.17) is 14.2 Å². The number of carbonyl (C=O) groups is 1. The molecule has 4 aromatic rings. The van der Waals surface area contributed by atoms with Crippen molar-refractivity contribution in [3.63, 3.8) is 0 Å². The summed E-state index contributed by atoms with van der Waals surface area (Å²) in [5.41, 5.74) is 1.60. The topological polar surface area (TPSA) is 99.9 Å². The van der Waals surface area contributed by atoms with E-state index in [1.54, 1.807) is 42.0 Å². The van der Waals surface area contributed by atoms with Gasteiger partial charge in [-0.25, -0.2) is 0 Å². The highest BCUT2D eigenvalue weighted by atomic mass is 32.1. The van der Waals surface area contributed by atoms with Crippen LogP contribution in [0.25, 0.3) is 15.5 Å². The largest absolute Gasteiger partial charge is 0.496 e. The first-order valence-corrected chi connectivity index (χ1v) is 9.77. The van der Waals surface area contributed by atoms with Crippen molar-refractivity contribution in [2.75, 3.05) is 26.6 Å². The van der Waals surface area contributed by atoms with E-state index in [2.05, 4.69) is 20.6 Å². The van der Waals surface area contributed by atoms with Crippen LogP contribution in [0.3, 0.4) is 0 Å². The molecule has 10 heteroatoms. The number of fused-ring (bicyclic) bond motifs is 1. The second-order valence-electron chi connectivity index (χ2n) is 6.26. The summed E-state index contributed by atoms with van der Waals surface area (Å²) in [6, 6.07) is 10.6. The van der Waals surface area contributed by atoms with E-state index in [1.807, 2.05) is 13.0 Å². The molecule has 0 aliphatic carbocycles. The number of ether oxygens (including phenoxy) is 3. The minimum absolute atomic E-state index is 0.296. The van der Waals surface area contributed by atoms with Gasteiger partial charge in [-0.05, 0) is 37.3 Å². The van der Waals surface area contributed by atoms with Gasteiger partial charge in [0.05, 0.1) is 27.0 Å². The van der Waals surface area contributed by atoms with Gasteiger partial charge in [0.25, 0.3) is 5.91 Å². The molecule has 0 atom stereocenters. The number of aryl methyl sites for hydroxylation is 1. The molecule has 2 heterocycles. The molecular formula is C20H19N5O4S. The Kier molecular flexibility index (Phi) is 5.23. The highest BCUT2D eigenvalue weighted by Crippen LogP contribution is 2.35.